The van der Waals surface area contributed by atoms with Gasteiger partial charge in [-0.3, -0.25) is 13.4 Å². The van der Waals surface area contributed by atoms with Crippen LogP contribution >= 0.6 is 0 Å². The maximum Gasteiger partial charge on any atom is 0.339 e. The number of rotatable bonds is 4. The Balaban J connectivity index is 1.83. The number of esters is 1. The summed E-state index contributed by atoms with van der Waals surface area (Å²) >= 11 is 0. The maximum absolute atomic E-state index is 12.3. The molecule has 1 aromatic carbocycles. The molecule has 0 aliphatic carbocycles. The second-order valence-electron chi connectivity index (χ2n) is 5.55. The minimum absolute atomic E-state index is 0.136. The summed E-state index contributed by atoms with van der Waals surface area (Å²) in [4.78, 5) is 29.2. The molecular formula is C18H16N2O4S. The molecule has 1 atom stereocenters. The van der Waals surface area contributed by atoms with Gasteiger partial charge in [0, 0.05) is 18.5 Å². The van der Waals surface area contributed by atoms with E-state index in [0.29, 0.717) is 16.2 Å². The molecule has 0 aliphatic rings. The molecule has 0 bridgehead atoms. The maximum atomic E-state index is 12.3. The lowest BCUT2D eigenvalue weighted by atomic mass is 10.2. The van der Waals surface area contributed by atoms with Gasteiger partial charge < -0.3 is 4.74 Å². The van der Waals surface area contributed by atoms with E-state index in [1.165, 1.54) is 16.7 Å². The summed E-state index contributed by atoms with van der Waals surface area (Å²) in [5.41, 5.74) is 1.79. The molecule has 0 amide bonds. The van der Waals surface area contributed by atoms with Crippen molar-refractivity contribution >= 4 is 22.4 Å². The molecule has 0 saturated carbocycles. The first-order valence-electron chi connectivity index (χ1n) is 7.54. The predicted molar refractivity (Wildman–Crippen MR) is 94.1 cm³/mol. The Morgan fingerprint density at radius 2 is 2.00 bits per heavy atom. The Hall–Kier alpha value is -2.80. The van der Waals surface area contributed by atoms with Crippen LogP contribution in [0.1, 0.15) is 21.6 Å². The summed E-state index contributed by atoms with van der Waals surface area (Å²) in [5, 5.41) is 0. The molecule has 25 heavy (non-hydrogen) atoms. The fraction of sp³-hybridized carbons (Fsp3) is 0.167. The van der Waals surface area contributed by atoms with E-state index < -0.39 is 16.8 Å². The minimum Gasteiger partial charge on any atom is -0.456 e. The number of ether oxygens (including phenoxy) is 1. The molecule has 0 fully saturated rings. The topological polar surface area (TPSA) is 77.7 Å². The second kappa shape index (κ2) is 6.98. The van der Waals surface area contributed by atoms with E-state index in [9.17, 15) is 13.8 Å². The Morgan fingerprint density at radius 1 is 1.24 bits per heavy atom. The van der Waals surface area contributed by atoms with E-state index >= 15 is 0 Å². The number of benzene rings is 1. The molecule has 0 N–H and O–H groups in total. The summed E-state index contributed by atoms with van der Waals surface area (Å²) in [6.07, 6.45) is 3.20. The van der Waals surface area contributed by atoms with E-state index in [4.69, 9.17) is 4.74 Å². The fourth-order valence-electron chi connectivity index (χ4n) is 2.44. The predicted octanol–water partition coefficient (Wildman–Crippen LogP) is 2.10. The SMILES string of the molecule is Cc1ccc2nc(COC(=O)c3ccccc3[S@](C)=O)cc(=O)n2c1. The van der Waals surface area contributed by atoms with Gasteiger partial charge in [0.2, 0.25) is 0 Å². The van der Waals surface area contributed by atoms with Crippen LogP contribution in [0.5, 0.6) is 0 Å². The standard InChI is InChI=1S/C18H16N2O4S/c1-12-7-8-16-19-13(9-17(21)20(16)10-12)11-24-18(22)14-5-3-4-6-15(14)25(2)23/h3-10H,11H2,1-2H3/t25-/m0/s1. The van der Waals surface area contributed by atoms with Crippen molar-refractivity contribution in [3.63, 3.8) is 0 Å². The summed E-state index contributed by atoms with van der Waals surface area (Å²) in [5.74, 6) is -0.600. The summed E-state index contributed by atoms with van der Waals surface area (Å²) in [6.45, 7) is 1.75. The molecule has 0 aliphatic heterocycles. The second-order valence-corrected chi connectivity index (χ2v) is 6.89. The number of aryl methyl sites for hydroxylation is 1. The number of hydrogen-bond acceptors (Lipinski definition) is 5. The van der Waals surface area contributed by atoms with Crippen LogP contribution in [-0.4, -0.2) is 25.8 Å². The lowest BCUT2D eigenvalue weighted by molar-refractivity contribution is 0.0463. The van der Waals surface area contributed by atoms with Gasteiger partial charge in [-0.2, -0.15) is 0 Å². The highest BCUT2D eigenvalue weighted by Gasteiger charge is 2.15. The Kier molecular flexibility index (Phi) is 4.76. The number of fused-ring (bicyclic) bond motifs is 1. The van der Waals surface area contributed by atoms with Gasteiger partial charge in [0.15, 0.2) is 0 Å². The molecule has 0 saturated heterocycles. The number of carbonyl (C=O) groups is 1. The molecule has 0 radical (unpaired) electrons. The summed E-state index contributed by atoms with van der Waals surface area (Å²) in [7, 11) is -1.30. The first kappa shape index (κ1) is 17.0. The van der Waals surface area contributed by atoms with Crippen LogP contribution in [0.15, 0.2) is 58.4 Å². The molecule has 0 spiro atoms. The van der Waals surface area contributed by atoms with Crippen molar-refractivity contribution in [2.75, 3.05) is 6.26 Å². The van der Waals surface area contributed by atoms with Crippen LogP contribution in [0.25, 0.3) is 5.65 Å². The van der Waals surface area contributed by atoms with E-state index in [1.807, 2.05) is 13.0 Å². The van der Waals surface area contributed by atoms with Crippen molar-refractivity contribution in [2.24, 2.45) is 0 Å². The summed E-state index contributed by atoms with van der Waals surface area (Å²) < 4.78 is 18.4. The van der Waals surface area contributed by atoms with Gasteiger partial charge in [-0.15, -0.1) is 0 Å². The van der Waals surface area contributed by atoms with Gasteiger partial charge in [0.05, 0.1) is 27.0 Å². The Labute approximate surface area is 146 Å². The van der Waals surface area contributed by atoms with Crippen molar-refractivity contribution in [1.29, 1.82) is 0 Å². The number of aromatic nitrogens is 2. The molecule has 3 rings (SSSR count). The van der Waals surface area contributed by atoms with Gasteiger partial charge in [0.25, 0.3) is 5.56 Å². The number of carbonyl (C=O) groups excluding carboxylic acids is 1. The summed E-state index contributed by atoms with van der Waals surface area (Å²) in [6, 6.07) is 11.5. The van der Waals surface area contributed by atoms with Crippen molar-refractivity contribution < 1.29 is 13.7 Å². The quantitative estimate of drug-likeness (QED) is 0.669. The third-order valence-corrected chi connectivity index (χ3v) is 4.60. The Bertz CT molecular complexity index is 1040. The van der Waals surface area contributed by atoms with Gasteiger partial charge in [-0.1, -0.05) is 18.2 Å². The largest absolute Gasteiger partial charge is 0.456 e. The van der Waals surface area contributed by atoms with Gasteiger partial charge in [-0.25, -0.2) is 9.78 Å². The number of nitrogens with zero attached hydrogens (tertiary/aromatic N) is 2. The highest BCUT2D eigenvalue weighted by molar-refractivity contribution is 7.84. The van der Waals surface area contributed by atoms with Crippen molar-refractivity contribution in [2.45, 2.75) is 18.4 Å². The van der Waals surface area contributed by atoms with E-state index in [-0.39, 0.29) is 17.7 Å². The molecule has 3 aromatic rings. The lowest BCUT2D eigenvalue weighted by Gasteiger charge is -2.08. The van der Waals surface area contributed by atoms with Crippen LogP contribution in [0.3, 0.4) is 0 Å². The normalized spacial score (nSPS) is 12.1. The molecule has 2 heterocycles. The van der Waals surface area contributed by atoms with Gasteiger partial charge in [0.1, 0.15) is 12.3 Å². The smallest absolute Gasteiger partial charge is 0.339 e. The van der Waals surface area contributed by atoms with Gasteiger partial charge in [-0.05, 0) is 30.7 Å². The molecule has 2 aromatic heterocycles. The molecule has 0 unspecified atom stereocenters. The minimum atomic E-state index is -1.30. The van der Waals surface area contributed by atoms with Crippen LogP contribution in [-0.2, 0) is 22.1 Å². The molecule has 128 valence electrons. The average Bonchev–Trinajstić information content (AvgIpc) is 2.60. The zero-order valence-electron chi connectivity index (χ0n) is 13.8. The number of hydrogen-bond donors (Lipinski definition) is 0. The van der Waals surface area contributed by atoms with Crippen LogP contribution in [0.4, 0.5) is 0 Å². The van der Waals surface area contributed by atoms with E-state index in [1.54, 1.807) is 36.5 Å². The zero-order valence-corrected chi connectivity index (χ0v) is 14.6. The Morgan fingerprint density at radius 3 is 2.76 bits per heavy atom. The third-order valence-electron chi connectivity index (χ3n) is 3.63. The van der Waals surface area contributed by atoms with Crippen molar-refractivity contribution in [3.8, 4) is 0 Å². The first-order valence-corrected chi connectivity index (χ1v) is 9.10. The van der Waals surface area contributed by atoms with Crippen LogP contribution < -0.4 is 5.56 Å². The lowest BCUT2D eigenvalue weighted by Crippen LogP contribution is -2.17. The van der Waals surface area contributed by atoms with E-state index in [0.717, 1.165) is 5.56 Å². The van der Waals surface area contributed by atoms with Gasteiger partial charge >= 0.3 is 5.97 Å². The molecule has 6 nitrogen and oxygen atoms in total. The number of pyridine rings is 1. The third kappa shape index (κ3) is 3.66. The van der Waals surface area contributed by atoms with Crippen molar-refractivity contribution in [3.05, 3.63) is 75.8 Å². The highest BCUT2D eigenvalue weighted by Crippen LogP contribution is 2.14. The fourth-order valence-corrected chi connectivity index (χ4v) is 3.17. The zero-order chi connectivity index (χ0) is 18.0. The first-order chi connectivity index (χ1) is 12.0. The van der Waals surface area contributed by atoms with Crippen molar-refractivity contribution in [1.82, 2.24) is 9.38 Å². The highest BCUT2D eigenvalue weighted by atomic mass is 32.2. The van der Waals surface area contributed by atoms with E-state index in [2.05, 4.69) is 4.98 Å². The molecule has 7 heteroatoms. The van der Waals surface area contributed by atoms with Crippen LogP contribution in [0, 0.1) is 6.92 Å². The monoisotopic (exact) mass is 356 g/mol. The molecular weight excluding hydrogens is 340 g/mol. The average molecular weight is 356 g/mol. The van der Waals surface area contributed by atoms with Crippen LogP contribution in [0.2, 0.25) is 0 Å².